The molecule has 0 radical (unpaired) electrons. The third-order valence-corrected chi connectivity index (χ3v) is 2.20. The Morgan fingerprint density at radius 2 is 1.94 bits per heavy atom. The van der Waals surface area contributed by atoms with Crippen molar-refractivity contribution < 1.29 is 22.8 Å². The average molecular weight is 265 g/mol. The van der Waals surface area contributed by atoms with Crippen LogP contribution in [0.1, 0.15) is 5.56 Å². The highest BCUT2D eigenvalue weighted by atomic mass is 19.3. The van der Waals surface area contributed by atoms with Crippen LogP contribution in [0.15, 0.2) is 6.07 Å². The van der Waals surface area contributed by atoms with Crippen molar-refractivity contribution in [2.24, 2.45) is 0 Å². The normalized spacial score (nSPS) is 12.5. The molecule has 9 heteroatoms. The lowest BCUT2D eigenvalue weighted by Gasteiger charge is -2.14. The van der Waals surface area contributed by atoms with Gasteiger partial charge in [0.25, 0.3) is 12.0 Å². The lowest BCUT2D eigenvalue weighted by Crippen LogP contribution is -2.20. The Kier molecular flexibility index (Phi) is 3.84. The molecular formula is C9H10F3N3O3. The van der Waals surface area contributed by atoms with Crippen LogP contribution in [0.4, 0.5) is 30.2 Å². The molecule has 0 bridgehead atoms. The number of hydrogen-bond acceptors (Lipinski definition) is 5. The minimum absolute atomic E-state index is 0.0727. The summed E-state index contributed by atoms with van der Waals surface area (Å²) >= 11 is 0. The Hall–Kier alpha value is -2.19. The number of nitro benzene ring substituents is 1. The molecule has 0 spiro atoms. The van der Waals surface area contributed by atoms with E-state index in [1.165, 1.54) is 6.92 Å². The van der Waals surface area contributed by atoms with Crippen molar-refractivity contribution in [1.82, 2.24) is 0 Å². The molecule has 1 unspecified atom stereocenters. The molecule has 0 saturated carbocycles. The summed E-state index contributed by atoms with van der Waals surface area (Å²) in [7, 11) is 0. The lowest BCUT2D eigenvalue weighted by atomic mass is 10.1. The van der Waals surface area contributed by atoms with Crippen molar-refractivity contribution in [2.45, 2.75) is 19.7 Å². The van der Waals surface area contributed by atoms with Crippen LogP contribution in [0.3, 0.4) is 0 Å². The van der Waals surface area contributed by atoms with Crippen LogP contribution < -0.4 is 16.2 Å². The molecule has 1 aromatic rings. The monoisotopic (exact) mass is 265 g/mol. The first kappa shape index (κ1) is 13.9. The zero-order valence-electron chi connectivity index (χ0n) is 9.19. The Labute approximate surface area is 99.5 Å². The molecular weight excluding hydrogens is 255 g/mol. The summed E-state index contributed by atoms with van der Waals surface area (Å²) in [5.74, 6) is -0.455. The number of nitrogens with two attached hydrogens (primary N) is 2. The van der Waals surface area contributed by atoms with Gasteiger partial charge in [0.2, 0.25) is 0 Å². The molecule has 0 aliphatic rings. The molecule has 4 N–H and O–H groups in total. The van der Waals surface area contributed by atoms with Crippen LogP contribution in [0.25, 0.3) is 0 Å². The molecule has 0 aromatic heterocycles. The number of hydrogen-bond donors (Lipinski definition) is 2. The van der Waals surface area contributed by atoms with Crippen molar-refractivity contribution in [1.29, 1.82) is 0 Å². The Balaban J connectivity index is 3.21. The maximum atomic E-state index is 12.7. The van der Waals surface area contributed by atoms with E-state index in [4.69, 9.17) is 11.5 Å². The summed E-state index contributed by atoms with van der Waals surface area (Å²) in [6.07, 6.45) is -6.24. The number of halogens is 3. The van der Waals surface area contributed by atoms with E-state index in [1.807, 2.05) is 0 Å². The van der Waals surface area contributed by atoms with Gasteiger partial charge in [0.15, 0.2) is 0 Å². The fourth-order valence-electron chi connectivity index (χ4n) is 1.33. The maximum Gasteiger partial charge on any atom is 0.304 e. The Bertz CT molecular complexity index is 482. The van der Waals surface area contributed by atoms with Gasteiger partial charge in [-0.15, -0.1) is 0 Å². The molecule has 0 heterocycles. The van der Waals surface area contributed by atoms with Crippen LogP contribution in [-0.2, 0) is 0 Å². The molecule has 0 amide bonds. The van der Waals surface area contributed by atoms with E-state index in [-0.39, 0.29) is 16.9 Å². The van der Waals surface area contributed by atoms with Crippen LogP contribution in [0.2, 0.25) is 0 Å². The van der Waals surface area contributed by atoms with Gasteiger partial charge in [-0.3, -0.25) is 10.1 Å². The first-order valence-corrected chi connectivity index (χ1v) is 4.67. The number of nitro groups is 1. The van der Waals surface area contributed by atoms with Gasteiger partial charge in [-0.1, -0.05) is 0 Å². The average Bonchev–Trinajstić information content (AvgIpc) is 2.24. The largest absolute Gasteiger partial charge is 0.452 e. The lowest BCUT2D eigenvalue weighted by molar-refractivity contribution is -0.384. The summed E-state index contributed by atoms with van der Waals surface area (Å²) in [5.41, 5.74) is 9.61. The van der Waals surface area contributed by atoms with E-state index in [2.05, 4.69) is 4.74 Å². The summed E-state index contributed by atoms with van der Waals surface area (Å²) in [5, 5.41) is 10.7. The van der Waals surface area contributed by atoms with Crippen molar-refractivity contribution >= 4 is 17.1 Å². The zero-order chi connectivity index (χ0) is 14.0. The van der Waals surface area contributed by atoms with Crippen molar-refractivity contribution in [3.63, 3.8) is 0 Å². The highest BCUT2D eigenvalue weighted by molar-refractivity contribution is 5.76. The number of alkyl halides is 3. The summed E-state index contributed by atoms with van der Waals surface area (Å²) in [6.45, 7) is 1.26. The molecule has 100 valence electrons. The fourth-order valence-corrected chi connectivity index (χ4v) is 1.33. The number of rotatable bonds is 4. The fraction of sp³-hybridized carbons (Fsp3) is 0.333. The highest BCUT2D eigenvalue weighted by Gasteiger charge is 2.26. The minimum atomic E-state index is -3.36. The van der Waals surface area contributed by atoms with Crippen LogP contribution >= 0.6 is 0 Å². The first-order chi connectivity index (χ1) is 8.25. The van der Waals surface area contributed by atoms with Crippen molar-refractivity contribution in [3.05, 3.63) is 21.7 Å². The summed E-state index contributed by atoms with van der Waals surface area (Å²) in [6, 6.07) is 0.843. The predicted molar refractivity (Wildman–Crippen MR) is 58.2 cm³/mol. The molecule has 1 atom stereocenters. The quantitative estimate of drug-likeness (QED) is 0.492. The number of benzene rings is 1. The van der Waals surface area contributed by atoms with Crippen molar-refractivity contribution in [2.75, 3.05) is 11.5 Å². The zero-order valence-corrected chi connectivity index (χ0v) is 9.19. The molecule has 0 fully saturated rings. The van der Waals surface area contributed by atoms with E-state index >= 15 is 0 Å². The SMILES string of the molecule is Cc1c(N)c(OC(F)C(F)F)cc(N)c1[N+](=O)[O-]. The van der Waals surface area contributed by atoms with Gasteiger partial charge in [-0.05, 0) is 6.92 Å². The number of anilines is 2. The van der Waals surface area contributed by atoms with E-state index < -0.39 is 29.1 Å². The Morgan fingerprint density at radius 3 is 2.39 bits per heavy atom. The van der Waals surface area contributed by atoms with Gasteiger partial charge in [0.1, 0.15) is 11.4 Å². The van der Waals surface area contributed by atoms with Gasteiger partial charge >= 0.3 is 6.43 Å². The van der Waals surface area contributed by atoms with E-state index in [0.717, 1.165) is 6.07 Å². The van der Waals surface area contributed by atoms with Crippen LogP contribution in [0.5, 0.6) is 5.75 Å². The van der Waals surface area contributed by atoms with Gasteiger partial charge in [-0.2, -0.15) is 4.39 Å². The van der Waals surface area contributed by atoms with Gasteiger partial charge in [0.05, 0.1) is 16.2 Å². The molecule has 1 aromatic carbocycles. The molecule has 6 nitrogen and oxygen atoms in total. The van der Waals surface area contributed by atoms with Gasteiger partial charge in [0, 0.05) is 6.07 Å². The first-order valence-electron chi connectivity index (χ1n) is 4.67. The van der Waals surface area contributed by atoms with Crippen LogP contribution in [0, 0.1) is 17.0 Å². The number of nitrogens with zero attached hydrogens (tertiary/aromatic N) is 1. The summed E-state index contributed by atoms with van der Waals surface area (Å²) < 4.78 is 40.9. The smallest absolute Gasteiger partial charge is 0.304 e. The predicted octanol–water partition coefficient (Wildman–Crippen LogP) is 2.01. The van der Waals surface area contributed by atoms with Gasteiger partial charge in [-0.25, -0.2) is 8.78 Å². The second-order valence-electron chi connectivity index (χ2n) is 3.41. The summed E-state index contributed by atoms with van der Waals surface area (Å²) in [4.78, 5) is 9.90. The topological polar surface area (TPSA) is 104 Å². The molecule has 1 rings (SSSR count). The second kappa shape index (κ2) is 4.98. The van der Waals surface area contributed by atoms with E-state index in [0.29, 0.717) is 0 Å². The third kappa shape index (κ3) is 2.55. The standard InChI is InChI=1S/C9H10F3N3O3/c1-3-6(14)5(18-9(12)8(10)11)2-4(13)7(3)15(16)17/h2,8-9H,13-14H2,1H3. The molecule has 0 saturated heterocycles. The number of nitrogen functional groups attached to an aromatic ring is 2. The third-order valence-electron chi connectivity index (χ3n) is 2.20. The van der Waals surface area contributed by atoms with Crippen LogP contribution in [-0.4, -0.2) is 17.7 Å². The molecule has 0 aliphatic heterocycles. The highest BCUT2D eigenvalue weighted by Crippen LogP contribution is 2.38. The van der Waals surface area contributed by atoms with Gasteiger partial charge < -0.3 is 16.2 Å². The second-order valence-corrected chi connectivity index (χ2v) is 3.41. The maximum absolute atomic E-state index is 12.7. The van der Waals surface area contributed by atoms with Crippen molar-refractivity contribution in [3.8, 4) is 5.75 Å². The minimum Gasteiger partial charge on any atom is -0.452 e. The molecule has 0 aliphatic carbocycles. The van der Waals surface area contributed by atoms with E-state index in [1.54, 1.807) is 0 Å². The Morgan fingerprint density at radius 1 is 1.39 bits per heavy atom. The number of ether oxygens (including phenoxy) is 1. The van der Waals surface area contributed by atoms with E-state index in [9.17, 15) is 23.3 Å². The molecule has 18 heavy (non-hydrogen) atoms.